The number of para-hydroxylation sites is 1. The van der Waals surface area contributed by atoms with E-state index >= 15 is 0 Å². The molecule has 18 heavy (non-hydrogen) atoms. The van der Waals surface area contributed by atoms with Crippen LogP contribution in [-0.4, -0.2) is 42.7 Å². The summed E-state index contributed by atoms with van der Waals surface area (Å²) in [5.41, 5.74) is 1.25. The molecule has 1 aromatic rings. The summed E-state index contributed by atoms with van der Waals surface area (Å²) in [4.78, 5) is 2.35. The number of anilines is 1. The molecule has 2 rings (SSSR count). The zero-order chi connectivity index (χ0) is 12.8. The summed E-state index contributed by atoms with van der Waals surface area (Å²) in [6.07, 6.45) is 1.03. The van der Waals surface area contributed by atoms with E-state index in [4.69, 9.17) is 13.3 Å². The summed E-state index contributed by atoms with van der Waals surface area (Å²) in [6.45, 7) is 2.56. The van der Waals surface area contributed by atoms with Crippen molar-refractivity contribution in [3.8, 4) is 0 Å². The Morgan fingerprint density at radius 2 is 1.83 bits per heavy atom. The Hall–Kier alpha value is -0.883. The molecule has 0 amide bonds. The van der Waals surface area contributed by atoms with Gasteiger partial charge in [-0.25, -0.2) is 0 Å². The Morgan fingerprint density at radius 3 is 2.50 bits per heavy atom. The van der Waals surface area contributed by atoms with Crippen molar-refractivity contribution < 1.29 is 13.3 Å². The van der Waals surface area contributed by atoms with Gasteiger partial charge in [0.05, 0.1) is 6.61 Å². The molecule has 0 aromatic heterocycles. The maximum Gasteiger partial charge on any atom is 0.500 e. The highest BCUT2D eigenvalue weighted by atomic mass is 28.4. The van der Waals surface area contributed by atoms with Crippen molar-refractivity contribution in [2.45, 2.75) is 12.5 Å². The van der Waals surface area contributed by atoms with Gasteiger partial charge in [0.2, 0.25) is 0 Å². The monoisotopic (exact) mass is 267 g/mol. The van der Waals surface area contributed by atoms with Crippen molar-refractivity contribution in [3.05, 3.63) is 30.3 Å². The van der Waals surface area contributed by atoms with Gasteiger partial charge >= 0.3 is 8.80 Å². The second-order valence-corrected chi connectivity index (χ2v) is 7.34. The Morgan fingerprint density at radius 1 is 1.11 bits per heavy atom. The van der Waals surface area contributed by atoms with Crippen LogP contribution in [0.15, 0.2) is 30.3 Å². The van der Waals surface area contributed by atoms with Crippen LogP contribution in [0, 0.1) is 0 Å². The average Bonchev–Trinajstić information content (AvgIpc) is 2.41. The molecule has 4 nitrogen and oxygen atoms in total. The van der Waals surface area contributed by atoms with E-state index in [0.717, 1.165) is 25.6 Å². The topological polar surface area (TPSA) is 30.9 Å². The fourth-order valence-corrected chi connectivity index (χ4v) is 4.23. The van der Waals surface area contributed by atoms with Crippen LogP contribution in [0.4, 0.5) is 5.69 Å². The van der Waals surface area contributed by atoms with Gasteiger partial charge in [-0.15, -0.1) is 0 Å². The molecule has 1 aliphatic rings. The third-order valence-corrected chi connectivity index (χ3v) is 6.19. The van der Waals surface area contributed by atoms with E-state index in [-0.39, 0.29) is 0 Å². The number of nitrogens with zero attached hydrogens (tertiary/aromatic N) is 1. The Balaban J connectivity index is 1.98. The third-order valence-electron chi connectivity index (χ3n) is 3.34. The normalized spacial score (nSPS) is 20.2. The lowest BCUT2D eigenvalue weighted by atomic mass is 10.2. The van der Waals surface area contributed by atoms with Crippen LogP contribution in [0.25, 0.3) is 0 Å². The van der Waals surface area contributed by atoms with E-state index in [1.165, 1.54) is 5.69 Å². The van der Waals surface area contributed by atoms with E-state index in [1.807, 2.05) is 6.07 Å². The first-order valence-electron chi connectivity index (χ1n) is 6.34. The van der Waals surface area contributed by atoms with Gasteiger partial charge in [0.15, 0.2) is 0 Å². The molecule has 0 radical (unpaired) electrons. The smallest absolute Gasteiger partial charge is 0.377 e. The molecular formula is C13H21NO3Si. The summed E-state index contributed by atoms with van der Waals surface area (Å²) in [7, 11) is 1.00. The zero-order valence-corrected chi connectivity index (χ0v) is 12.1. The minimum Gasteiger partial charge on any atom is -0.377 e. The lowest BCUT2D eigenvalue weighted by Gasteiger charge is -2.33. The van der Waals surface area contributed by atoms with Crippen molar-refractivity contribution in [2.24, 2.45) is 0 Å². The fourth-order valence-electron chi connectivity index (χ4n) is 2.28. The quantitative estimate of drug-likeness (QED) is 0.785. The van der Waals surface area contributed by atoms with Crippen LogP contribution in [0.5, 0.6) is 0 Å². The SMILES string of the molecule is CO[Si]1(OC)CCCN(c2ccccc2)CCO1. The van der Waals surface area contributed by atoms with E-state index in [0.29, 0.717) is 6.61 Å². The van der Waals surface area contributed by atoms with Gasteiger partial charge < -0.3 is 18.2 Å². The summed E-state index contributed by atoms with van der Waals surface area (Å²) >= 11 is 0. The van der Waals surface area contributed by atoms with Crippen LogP contribution in [0.2, 0.25) is 6.04 Å². The highest BCUT2D eigenvalue weighted by Crippen LogP contribution is 2.21. The molecule has 100 valence electrons. The van der Waals surface area contributed by atoms with Crippen molar-refractivity contribution >= 4 is 14.5 Å². The Bertz CT molecular complexity index is 345. The van der Waals surface area contributed by atoms with Crippen molar-refractivity contribution in [3.63, 3.8) is 0 Å². The predicted octanol–water partition coefficient (Wildman–Crippen LogP) is 2.14. The first-order chi connectivity index (χ1) is 8.79. The first-order valence-corrected chi connectivity index (χ1v) is 8.27. The van der Waals surface area contributed by atoms with E-state index in [2.05, 4.69) is 29.2 Å². The van der Waals surface area contributed by atoms with Crippen LogP contribution < -0.4 is 4.90 Å². The summed E-state index contributed by atoms with van der Waals surface area (Å²) in [5, 5.41) is 0. The maximum absolute atomic E-state index is 5.87. The van der Waals surface area contributed by atoms with Crippen LogP contribution in [0.1, 0.15) is 6.42 Å². The van der Waals surface area contributed by atoms with Gasteiger partial charge in [-0.05, 0) is 18.6 Å². The van der Waals surface area contributed by atoms with Crippen LogP contribution >= 0.6 is 0 Å². The van der Waals surface area contributed by atoms with Crippen LogP contribution in [-0.2, 0) is 13.3 Å². The third kappa shape index (κ3) is 3.11. The first kappa shape index (κ1) is 13.5. The minimum atomic E-state index is -2.37. The molecule has 1 saturated heterocycles. The summed E-state index contributed by atoms with van der Waals surface area (Å²) in [5.74, 6) is 0. The van der Waals surface area contributed by atoms with Gasteiger partial charge in [0, 0.05) is 39.0 Å². The number of rotatable bonds is 3. The molecule has 0 N–H and O–H groups in total. The molecule has 1 aromatic carbocycles. The second kappa shape index (κ2) is 6.33. The average molecular weight is 267 g/mol. The Labute approximate surface area is 110 Å². The summed E-state index contributed by atoms with van der Waals surface area (Å²) in [6, 6.07) is 11.3. The van der Waals surface area contributed by atoms with E-state index in [1.54, 1.807) is 14.2 Å². The zero-order valence-electron chi connectivity index (χ0n) is 11.1. The molecule has 0 unspecified atom stereocenters. The van der Waals surface area contributed by atoms with Crippen molar-refractivity contribution in [1.82, 2.24) is 0 Å². The van der Waals surface area contributed by atoms with Gasteiger partial charge in [0.1, 0.15) is 0 Å². The molecular weight excluding hydrogens is 246 g/mol. The molecule has 5 heteroatoms. The highest BCUT2D eigenvalue weighted by molar-refractivity contribution is 6.60. The van der Waals surface area contributed by atoms with Gasteiger partial charge in [-0.2, -0.15) is 0 Å². The van der Waals surface area contributed by atoms with Crippen molar-refractivity contribution in [2.75, 3.05) is 38.8 Å². The molecule has 1 fully saturated rings. The molecule has 0 atom stereocenters. The molecule has 1 heterocycles. The van der Waals surface area contributed by atoms with Gasteiger partial charge in [-0.1, -0.05) is 18.2 Å². The molecule has 0 aliphatic carbocycles. The molecule has 1 aliphatic heterocycles. The van der Waals surface area contributed by atoms with Gasteiger partial charge in [-0.3, -0.25) is 0 Å². The number of hydrogen-bond donors (Lipinski definition) is 0. The largest absolute Gasteiger partial charge is 0.500 e. The molecule has 0 saturated carbocycles. The lowest BCUT2D eigenvalue weighted by Crippen LogP contribution is -2.48. The fraction of sp³-hybridized carbons (Fsp3) is 0.538. The number of benzene rings is 1. The van der Waals surface area contributed by atoms with Gasteiger partial charge in [0.25, 0.3) is 0 Å². The van der Waals surface area contributed by atoms with Crippen LogP contribution in [0.3, 0.4) is 0 Å². The van der Waals surface area contributed by atoms with E-state index in [9.17, 15) is 0 Å². The molecule has 0 bridgehead atoms. The number of hydrogen-bond acceptors (Lipinski definition) is 4. The maximum atomic E-state index is 5.87. The Kier molecular flexibility index (Phi) is 4.77. The second-order valence-electron chi connectivity index (χ2n) is 4.37. The molecule has 0 spiro atoms. The van der Waals surface area contributed by atoms with E-state index < -0.39 is 8.80 Å². The summed E-state index contributed by atoms with van der Waals surface area (Å²) < 4.78 is 16.8. The minimum absolute atomic E-state index is 0.656. The lowest BCUT2D eigenvalue weighted by molar-refractivity contribution is 0.0973. The standard InChI is InChI=1S/C13H21NO3Si/c1-15-18(16-2)12-6-9-14(10-11-17-18)13-7-4-3-5-8-13/h3-5,7-8H,6,9-12H2,1-2H3. The predicted molar refractivity (Wildman–Crippen MR) is 73.8 cm³/mol. The highest BCUT2D eigenvalue weighted by Gasteiger charge is 2.39. The van der Waals surface area contributed by atoms with Crippen molar-refractivity contribution in [1.29, 1.82) is 0 Å².